The molecule has 0 amide bonds. The van der Waals surface area contributed by atoms with Crippen LogP contribution in [0.1, 0.15) is 36.9 Å². The normalized spacial score (nSPS) is 17.0. The molecule has 0 atom stereocenters. The van der Waals surface area contributed by atoms with Crippen molar-refractivity contribution in [2.75, 3.05) is 36.5 Å². The third kappa shape index (κ3) is 3.85. The van der Waals surface area contributed by atoms with Crippen molar-refractivity contribution in [3.63, 3.8) is 0 Å². The van der Waals surface area contributed by atoms with Crippen LogP contribution in [-0.2, 0) is 11.8 Å². The van der Waals surface area contributed by atoms with Gasteiger partial charge in [-0.15, -0.1) is 0 Å². The largest absolute Gasteiger partial charge is 0.396 e. The van der Waals surface area contributed by atoms with Crippen molar-refractivity contribution in [1.29, 1.82) is 0 Å². The number of piperidine rings is 1. The predicted molar refractivity (Wildman–Crippen MR) is 121 cm³/mol. The highest BCUT2D eigenvalue weighted by Gasteiger charge is 2.44. The molecule has 3 heterocycles. The number of aliphatic hydroxyl groups is 1. The summed E-state index contributed by atoms with van der Waals surface area (Å²) in [5.74, 6) is 2.67. The molecule has 7 heteroatoms. The van der Waals surface area contributed by atoms with Crippen molar-refractivity contribution >= 4 is 11.6 Å². The molecule has 160 valence electrons. The summed E-state index contributed by atoms with van der Waals surface area (Å²) in [7, 11) is 0. The summed E-state index contributed by atoms with van der Waals surface area (Å²) in [5, 5.41) is 12.7. The Bertz CT molecular complexity index is 1020. The zero-order chi connectivity index (χ0) is 21.1. The molecule has 1 fully saturated rings. The number of hydrogen-bond acceptors (Lipinski definition) is 7. The van der Waals surface area contributed by atoms with Gasteiger partial charge in [-0.05, 0) is 32.1 Å². The number of aliphatic hydroxyl groups excluding tert-OH is 1. The van der Waals surface area contributed by atoms with Crippen LogP contribution in [0.2, 0.25) is 0 Å². The van der Waals surface area contributed by atoms with Crippen molar-refractivity contribution in [1.82, 2.24) is 19.9 Å². The molecule has 0 radical (unpaired) electrons. The van der Waals surface area contributed by atoms with Crippen molar-refractivity contribution in [3.8, 4) is 11.4 Å². The molecule has 1 aromatic carbocycles. The first kappa shape index (κ1) is 19.9. The topological polar surface area (TPSA) is 87.1 Å². The lowest BCUT2D eigenvalue weighted by Gasteiger charge is -2.39. The lowest BCUT2D eigenvalue weighted by molar-refractivity contribution is 0.292. The average Bonchev–Trinajstić information content (AvgIpc) is 3.19. The van der Waals surface area contributed by atoms with E-state index in [4.69, 9.17) is 9.97 Å². The van der Waals surface area contributed by atoms with E-state index >= 15 is 0 Å². The van der Waals surface area contributed by atoms with E-state index in [9.17, 15) is 5.11 Å². The van der Waals surface area contributed by atoms with Gasteiger partial charge in [-0.2, -0.15) is 0 Å². The van der Waals surface area contributed by atoms with Crippen LogP contribution in [-0.4, -0.2) is 51.3 Å². The molecule has 0 bridgehead atoms. The maximum absolute atomic E-state index is 9.20. The fourth-order valence-electron chi connectivity index (χ4n) is 4.90. The molecule has 2 aromatic heterocycles. The molecule has 1 aliphatic heterocycles. The highest BCUT2D eigenvalue weighted by atomic mass is 16.3. The molecule has 5 rings (SSSR count). The second kappa shape index (κ2) is 8.59. The van der Waals surface area contributed by atoms with Gasteiger partial charge >= 0.3 is 0 Å². The molecule has 0 saturated carbocycles. The van der Waals surface area contributed by atoms with Gasteiger partial charge in [-0.1, -0.05) is 30.3 Å². The SMILES string of the molecule is OCCCNc1nc(-c2ccccc2)nc2c1CCC21CCN(c2cnccn2)CC1. The van der Waals surface area contributed by atoms with E-state index in [-0.39, 0.29) is 12.0 Å². The smallest absolute Gasteiger partial charge is 0.161 e. The van der Waals surface area contributed by atoms with Crippen molar-refractivity contribution in [2.45, 2.75) is 37.5 Å². The van der Waals surface area contributed by atoms with Crippen LogP contribution in [0.5, 0.6) is 0 Å². The molecule has 1 aliphatic carbocycles. The molecule has 3 aromatic rings. The van der Waals surface area contributed by atoms with E-state index in [1.807, 2.05) is 24.4 Å². The minimum atomic E-state index is 0.0912. The Morgan fingerprint density at radius 1 is 1.03 bits per heavy atom. The van der Waals surface area contributed by atoms with Gasteiger partial charge in [0.05, 0.1) is 11.9 Å². The standard InChI is InChI=1S/C24H28N6O/c31-16-4-11-27-23-19-7-8-24(9-14-30(15-10-24)20-17-25-12-13-26-20)21(19)28-22(29-23)18-5-2-1-3-6-18/h1-3,5-6,12-13,17,31H,4,7-11,14-16H2,(H,27,28,29). The van der Waals surface area contributed by atoms with Gasteiger partial charge in [0.2, 0.25) is 0 Å². The van der Waals surface area contributed by atoms with E-state index in [1.165, 1.54) is 11.3 Å². The molecule has 2 N–H and O–H groups in total. The van der Waals surface area contributed by atoms with Gasteiger partial charge in [-0.3, -0.25) is 4.98 Å². The number of nitrogens with one attached hydrogen (secondary N) is 1. The first-order chi connectivity index (χ1) is 15.3. The van der Waals surface area contributed by atoms with Crippen LogP contribution in [0, 0.1) is 0 Å². The maximum Gasteiger partial charge on any atom is 0.161 e. The molecule has 7 nitrogen and oxygen atoms in total. The van der Waals surface area contributed by atoms with Gasteiger partial charge in [-0.25, -0.2) is 15.0 Å². The predicted octanol–water partition coefficient (Wildman–Crippen LogP) is 3.21. The lowest BCUT2D eigenvalue weighted by Crippen LogP contribution is -2.42. The van der Waals surface area contributed by atoms with Gasteiger partial charge in [0.1, 0.15) is 11.6 Å². The average molecular weight is 417 g/mol. The molecule has 1 spiro atoms. The lowest BCUT2D eigenvalue weighted by atomic mass is 9.76. The Hall–Kier alpha value is -3.06. The van der Waals surface area contributed by atoms with Crippen LogP contribution >= 0.6 is 0 Å². The molecular weight excluding hydrogens is 388 g/mol. The van der Waals surface area contributed by atoms with Crippen LogP contribution in [0.15, 0.2) is 48.9 Å². The summed E-state index contributed by atoms with van der Waals surface area (Å²) in [6.07, 6.45) is 10.2. The first-order valence-corrected chi connectivity index (χ1v) is 11.1. The molecule has 31 heavy (non-hydrogen) atoms. The third-order valence-corrected chi connectivity index (χ3v) is 6.62. The van der Waals surface area contributed by atoms with E-state index in [1.54, 1.807) is 12.4 Å². The monoisotopic (exact) mass is 416 g/mol. The zero-order valence-electron chi connectivity index (χ0n) is 17.7. The van der Waals surface area contributed by atoms with Crippen LogP contribution < -0.4 is 10.2 Å². The van der Waals surface area contributed by atoms with Crippen LogP contribution in [0.25, 0.3) is 11.4 Å². The fourth-order valence-corrected chi connectivity index (χ4v) is 4.90. The number of hydrogen-bond donors (Lipinski definition) is 2. The highest BCUT2D eigenvalue weighted by Crippen LogP contribution is 2.47. The Kier molecular flexibility index (Phi) is 5.51. The summed E-state index contributed by atoms with van der Waals surface area (Å²) in [5.41, 5.74) is 3.60. The maximum atomic E-state index is 9.20. The molecular formula is C24H28N6O. The highest BCUT2D eigenvalue weighted by molar-refractivity contribution is 5.62. The van der Waals surface area contributed by atoms with Gasteiger partial charge in [0, 0.05) is 55.2 Å². The summed E-state index contributed by atoms with van der Waals surface area (Å²) in [4.78, 5) is 21.1. The number of anilines is 2. The second-order valence-corrected chi connectivity index (χ2v) is 8.42. The molecule has 2 aliphatic rings. The van der Waals surface area contributed by atoms with Gasteiger partial charge < -0.3 is 15.3 Å². The summed E-state index contributed by atoms with van der Waals surface area (Å²) >= 11 is 0. The summed E-state index contributed by atoms with van der Waals surface area (Å²) in [6, 6.07) is 10.2. The van der Waals surface area contributed by atoms with Gasteiger partial charge in [0.15, 0.2) is 5.82 Å². The van der Waals surface area contributed by atoms with E-state index in [0.717, 1.165) is 61.8 Å². The number of fused-ring (bicyclic) bond motifs is 2. The Balaban J connectivity index is 1.47. The Labute approximate surface area is 182 Å². The van der Waals surface area contributed by atoms with Gasteiger partial charge in [0.25, 0.3) is 0 Å². The van der Waals surface area contributed by atoms with Crippen LogP contribution in [0.3, 0.4) is 0 Å². The Morgan fingerprint density at radius 3 is 2.61 bits per heavy atom. The summed E-state index contributed by atoms with van der Waals surface area (Å²) in [6.45, 7) is 2.79. The Morgan fingerprint density at radius 2 is 1.87 bits per heavy atom. The van der Waals surface area contributed by atoms with E-state index in [0.29, 0.717) is 13.0 Å². The van der Waals surface area contributed by atoms with E-state index in [2.05, 4.69) is 32.3 Å². The molecule has 1 saturated heterocycles. The number of nitrogens with zero attached hydrogens (tertiary/aromatic N) is 5. The van der Waals surface area contributed by atoms with Crippen molar-refractivity contribution in [3.05, 3.63) is 60.2 Å². The summed E-state index contributed by atoms with van der Waals surface area (Å²) < 4.78 is 0. The minimum absolute atomic E-state index is 0.0912. The second-order valence-electron chi connectivity index (χ2n) is 8.42. The number of aromatic nitrogens is 4. The first-order valence-electron chi connectivity index (χ1n) is 11.1. The third-order valence-electron chi connectivity index (χ3n) is 6.62. The fraction of sp³-hybridized carbons (Fsp3) is 0.417. The number of benzene rings is 1. The zero-order valence-corrected chi connectivity index (χ0v) is 17.7. The number of rotatable bonds is 6. The van der Waals surface area contributed by atoms with E-state index < -0.39 is 0 Å². The molecule has 0 unspecified atom stereocenters. The minimum Gasteiger partial charge on any atom is -0.396 e. The van der Waals surface area contributed by atoms with Crippen molar-refractivity contribution < 1.29 is 5.11 Å². The quantitative estimate of drug-likeness (QED) is 0.597. The van der Waals surface area contributed by atoms with Crippen molar-refractivity contribution in [2.24, 2.45) is 0 Å². The van der Waals surface area contributed by atoms with Crippen LogP contribution in [0.4, 0.5) is 11.6 Å².